The maximum absolute atomic E-state index is 11.6. The second-order valence-corrected chi connectivity index (χ2v) is 6.77. The van der Waals surface area contributed by atoms with E-state index in [0.717, 1.165) is 58.7 Å². The van der Waals surface area contributed by atoms with Crippen molar-refractivity contribution in [3.8, 4) is 0 Å². The average Bonchev–Trinajstić information content (AvgIpc) is 2.61. The third kappa shape index (κ3) is 6.89. The zero-order valence-corrected chi connectivity index (χ0v) is 15.2. The molecule has 5 nitrogen and oxygen atoms in total. The molecule has 1 saturated heterocycles. The molecule has 2 rings (SSSR count). The fourth-order valence-electron chi connectivity index (χ4n) is 2.97. The van der Waals surface area contributed by atoms with Gasteiger partial charge in [-0.1, -0.05) is 18.2 Å². The van der Waals surface area contributed by atoms with Crippen LogP contribution in [0.3, 0.4) is 0 Å². The van der Waals surface area contributed by atoms with Gasteiger partial charge in [0.25, 0.3) is 0 Å². The topological polar surface area (TPSA) is 38.8 Å². The van der Waals surface area contributed by atoms with Crippen molar-refractivity contribution in [2.45, 2.75) is 19.3 Å². The number of unbranched alkanes of at least 4 members (excludes halogenated alkanes) is 1. The van der Waals surface area contributed by atoms with Gasteiger partial charge in [0.2, 0.25) is 5.91 Å². The number of hydrogen-bond acceptors (Lipinski definition) is 4. The fraction of sp³-hybridized carbons (Fsp3) is 0.632. The van der Waals surface area contributed by atoms with Gasteiger partial charge in [-0.15, -0.1) is 0 Å². The molecular formula is C19H32N4O. The second kappa shape index (κ2) is 10.3. The first-order valence-corrected chi connectivity index (χ1v) is 9.09. The predicted octanol–water partition coefficient (Wildman–Crippen LogP) is 1.66. The van der Waals surface area contributed by atoms with Crippen molar-refractivity contribution in [1.29, 1.82) is 0 Å². The van der Waals surface area contributed by atoms with Crippen LogP contribution in [0.25, 0.3) is 0 Å². The molecule has 0 unspecified atom stereocenters. The lowest BCUT2D eigenvalue weighted by molar-refractivity contribution is -0.121. The Kier molecular flexibility index (Phi) is 8.05. The Labute approximate surface area is 146 Å². The van der Waals surface area contributed by atoms with E-state index < -0.39 is 0 Å². The van der Waals surface area contributed by atoms with Crippen molar-refractivity contribution in [1.82, 2.24) is 15.1 Å². The Morgan fingerprint density at radius 1 is 1.08 bits per heavy atom. The van der Waals surface area contributed by atoms with E-state index in [9.17, 15) is 4.79 Å². The third-order valence-electron chi connectivity index (χ3n) is 4.50. The minimum Gasteiger partial charge on any atom is -0.369 e. The Morgan fingerprint density at radius 3 is 2.46 bits per heavy atom. The highest BCUT2D eigenvalue weighted by Gasteiger charge is 2.16. The normalized spacial score (nSPS) is 15.7. The molecule has 24 heavy (non-hydrogen) atoms. The number of nitrogens with zero attached hydrogens (tertiary/aromatic N) is 3. The largest absolute Gasteiger partial charge is 0.369 e. The Bertz CT molecular complexity index is 470. The standard InChI is InChI=1S/C19H32N4O/c1-21(2)13-10-19(24)20-11-6-7-12-22-14-16-23(17-15-22)18-8-4-3-5-9-18/h3-5,8-9H,6-7,10-17H2,1-2H3,(H,20,24). The predicted molar refractivity (Wildman–Crippen MR) is 101 cm³/mol. The number of anilines is 1. The average molecular weight is 332 g/mol. The van der Waals surface area contributed by atoms with Gasteiger partial charge in [-0.05, 0) is 45.6 Å². The molecule has 1 aliphatic rings. The highest BCUT2D eigenvalue weighted by molar-refractivity contribution is 5.75. The maximum atomic E-state index is 11.6. The molecule has 1 amide bonds. The summed E-state index contributed by atoms with van der Waals surface area (Å²) in [5.41, 5.74) is 1.33. The van der Waals surface area contributed by atoms with E-state index in [-0.39, 0.29) is 5.91 Å². The lowest BCUT2D eigenvalue weighted by Gasteiger charge is -2.36. The van der Waals surface area contributed by atoms with E-state index >= 15 is 0 Å². The molecule has 0 atom stereocenters. The van der Waals surface area contributed by atoms with Gasteiger partial charge < -0.3 is 15.1 Å². The van der Waals surface area contributed by atoms with Crippen molar-refractivity contribution < 1.29 is 4.79 Å². The number of rotatable bonds is 9. The maximum Gasteiger partial charge on any atom is 0.221 e. The Balaban J connectivity index is 1.51. The summed E-state index contributed by atoms with van der Waals surface area (Å²) in [6.07, 6.45) is 2.81. The van der Waals surface area contributed by atoms with Crippen LogP contribution in [0.5, 0.6) is 0 Å². The molecule has 0 aliphatic carbocycles. The molecule has 1 fully saturated rings. The van der Waals surface area contributed by atoms with E-state index in [0.29, 0.717) is 6.42 Å². The van der Waals surface area contributed by atoms with Crippen LogP contribution in [0.15, 0.2) is 30.3 Å². The minimum atomic E-state index is 0.167. The van der Waals surface area contributed by atoms with E-state index in [1.54, 1.807) is 0 Å². The lowest BCUT2D eigenvalue weighted by Crippen LogP contribution is -2.46. The van der Waals surface area contributed by atoms with Crippen LogP contribution in [0.1, 0.15) is 19.3 Å². The molecule has 1 heterocycles. The first-order valence-electron chi connectivity index (χ1n) is 9.09. The zero-order chi connectivity index (χ0) is 17.2. The number of benzene rings is 1. The number of carbonyl (C=O) groups is 1. The van der Waals surface area contributed by atoms with Gasteiger partial charge in [-0.3, -0.25) is 9.69 Å². The van der Waals surface area contributed by atoms with Crippen LogP contribution >= 0.6 is 0 Å². The number of para-hydroxylation sites is 1. The summed E-state index contributed by atoms with van der Waals surface area (Å²) in [4.78, 5) is 18.7. The SMILES string of the molecule is CN(C)CCC(=O)NCCCCN1CCN(c2ccccc2)CC1. The lowest BCUT2D eigenvalue weighted by atomic mass is 10.2. The summed E-state index contributed by atoms with van der Waals surface area (Å²) in [7, 11) is 3.98. The van der Waals surface area contributed by atoms with Crippen molar-refractivity contribution in [2.75, 3.05) is 64.8 Å². The van der Waals surface area contributed by atoms with Gasteiger partial charge in [0, 0.05) is 51.4 Å². The zero-order valence-electron chi connectivity index (χ0n) is 15.2. The van der Waals surface area contributed by atoms with E-state index in [4.69, 9.17) is 0 Å². The highest BCUT2D eigenvalue weighted by Crippen LogP contribution is 2.15. The third-order valence-corrected chi connectivity index (χ3v) is 4.50. The summed E-state index contributed by atoms with van der Waals surface area (Å²) >= 11 is 0. The molecule has 0 saturated carbocycles. The summed E-state index contributed by atoms with van der Waals surface area (Å²) in [5, 5.41) is 3.01. The molecule has 1 N–H and O–H groups in total. The van der Waals surface area contributed by atoms with Crippen molar-refractivity contribution in [3.63, 3.8) is 0 Å². The first kappa shape index (κ1) is 18.7. The fourth-order valence-corrected chi connectivity index (χ4v) is 2.97. The molecule has 134 valence electrons. The van der Waals surface area contributed by atoms with Crippen LogP contribution < -0.4 is 10.2 Å². The molecule has 0 radical (unpaired) electrons. The van der Waals surface area contributed by atoms with Crippen LogP contribution in [-0.4, -0.2) is 75.6 Å². The number of amides is 1. The van der Waals surface area contributed by atoms with Crippen molar-refractivity contribution in [2.24, 2.45) is 0 Å². The quantitative estimate of drug-likeness (QED) is 0.698. The van der Waals surface area contributed by atoms with Crippen molar-refractivity contribution >= 4 is 11.6 Å². The molecule has 0 spiro atoms. The smallest absolute Gasteiger partial charge is 0.221 e. The van der Waals surface area contributed by atoms with E-state index in [1.807, 2.05) is 19.0 Å². The molecule has 0 aromatic heterocycles. The van der Waals surface area contributed by atoms with Gasteiger partial charge in [0.1, 0.15) is 0 Å². The van der Waals surface area contributed by atoms with E-state index in [1.165, 1.54) is 5.69 Å². The van der Waals surface area contributed by atoms with Crippen LogP contribution in [0, 0.1) is 0 Å². The Morgan fingerprint density at radius 2 is 1.79 bits per heavy atom. The van der Waals surface area contributed by atoms with Gasteiger partial charge in [-0.2, -0.15) is 0 Å². The molecule has 1 aromatic carbocycles. The first-order chi connectivity index (χ1) is 11.6. The second-order valence-electron chi connectivity index (χ2n) is 6.77. The minimum absolute atomic E-state index is 0.167. The molecule has 1 aromatic rings. The van der Waals surface area contributed by atoms with Gasteiger partial charge in [0.15, 0.2) is 0 Å². The van der Waals surface area contributed by atoms with Gasteiger partial charge in [0.05, 0.1) is 0 Å². The summed E-state index contributed by atoms with van der Waals surface area (Å²) in [6, 6.07) is 10.7. The van der Waals surface area contributed by atoms with Crippen molar-refractivity contribution in [3.05, 3.63) is 30.3 Å². The van der Waals surface area contributed by atoms with Crippen LogP contribution in [0.2, 0.25) is 0 Å². The highest BCUT2D eigenvalue weighted by atomic mass is 16.1. The molecule has 0 bridgehead atoms. The summed E-state index contributed by atoms with van der Waals surface area (Å²) in [5.74, 6) is 0.167. The summed E-state index contributed by atoms with van der Waals surface area (Å²) in [6.45, 7) is 7.22. The van der Waals surface area contributed by atoms with Gasteiger partial charge in [-0.25, -0.2) is 0 Å². The summed E-state index contributed by atoms with van der Waals surface area (Å²) < 4.78 is 0. The van der Waals surface area contributed by atoms with E-state index in [2.05, 4.69) is 45.4 Å². The monoisotopic (exact) mass is 332 g/mol. The Hall–Kier alpha value is -1.59. The van der Waals surface area contributed by atoms with Crippen LogP contribution in [0.4, 0.5) is 5.69 Å². The number of hydrogen-bond donors (Lipinski definition) is 1. The number of carbonyl (C=O) groups excluding carboxylic acids is 1. The van der Waals surface area contributed by atoms with Crippen LogP contribution in [-0.2, 0) is 4.79 Å². The molecular weight excluding hydrogens is 300 g/mol. The number of piperazine rings is 1. The van der Waals surface area contributed by atoms with Gasteiger partial charge >= 0.3 is 0 Å². The number of nitrogens with one attached hydrogen (secondary N) is 1. The molecule has 1 aliphatic heterocycles. The molecule has 5 heteroatoms.